The van der Waals surface area contributed by atoms with E-state index >= 15 is 0 Å². The highest BCUT2D eigenvalue weighted by Crippen LogP contribution is 2.23. The smallest absolute Gasteiger partial charge is 0.258 e. The minimum atomic E-state index is 0.0506. The van der Waals surface area contributed by atoms with Crippen LogP contribution < -0.4 is 5.56 Å². The summed E-state index contributed by atoms with van der Waals surface area (Å²) in [5, 5.41) is 1.11. The lowest BCUT2D eigenvalue weighted by Gasteiger charge is -2.11. The molecule has 0 spiro atoms. The van der Waals surface area contributed by atoms with Crippen LogP contribution >= 0.6 is 0 Å². The summed E-state index contributed by atoms with van der Waals surface area (Å²) in [7, 11) is 1.84. The Morgan fingerprint density at radius 2 is 1.48 bits per heavy atom. The molecular formula is C19H19NO. The number of aryl methyl sites for hydroxylation is 4. The summed E-state index contributed by atoms with van der Waals surface area (Å²) in [5.74, 6) is 0. The third kappa shape index (κ3) is 2.27. The highest BCUT2D eigenvalue weighted by Gasteiger charge is 2.09. The summed E-state index contributed by atoms with van der Waals surface area (Å²) in [5.41, 5.74) is 6.42. The number of nitrogens with zero attached hydrogens (tertiary/aromatic N) is 1. The molecule has 0 amide bonds. The molecular weight excluding hydrogens is 258 g/mol. The zero-order valence-electron chi connectivity index (χ0n) is 12.9. The van der Waals surface area contributed by atoms with Crippen LogP contribution in [0.15, 0.2) is 47.3 Å². The van der Waals surface area contributed by atoms with E-state index in [1.165, 1.54) is 16.7 Å². The van der Waals surface area contributed by atoms with E-state index in [0.717, 1.165) is 22.0 Å². The van der Waals surface area contributed by atoms with E-state index in [2.05, 4.69) is 32.9 Å². The van der Waals surface area contributed by atoms with Crippen LogP contribution in [0.25, 0.3) is 22.0 Å². The van der Waals surface area contributed by atoms with Gasteiger partial charge in [-0.05, 0) is 61.0 Å². The molecule has 3 aromatic rings. The zero-order chi connectivity index (χ0) is 15.1. The van der Waals surface area contributed by atoms with Crippen molar-refractivity contribution in [3.8, 4) is 11.1 Å². The van der Waals surface area contributed by atoms with Gasteiger partial charge in [0.05, 0.1) is 5.52 Å². The van der Waals surface area contributed by atoms with Gasteiger partial charge in [0.25, 0.3) is 5.56 Å². The topological polar surface area (TPSA) is 22.0 Å². The van der Waals surface area contributed by atoms with Crippen LogP contribution in [0.3, 0.4) is 0 Å². The van der Waals surface area contributed by atoms with Crippen molar-refractivity contribution in [3.05, 3.63) is 69.5 Å². The molecule has 21 heavy (non-hydrogen) atoms. The quantitative estimate of drug-likeness (QED) is 0.655. The van der Waals surface area contributed by atoms with Gasteiger partial charge < -0.3 is 4.57 Å². The third-order valence-electron chi connectivity index (χ3n) is 4.20. The molecule has 0 saturated heterocycles. The maximum atomic E-state index is 12.6. The largest absolute Gasteiger partial charge is 0.311 e. The second-order valence-electron chi connectivity index (χ2n) is 5.78. The van der Waals surface area contributed by atoms with Gasteiger partial charge in [0, 0.05) is 12.6 Å². The Labute approximate surface area is 124 Å². The summed E-state index contributed by atoms with van der Waals surface area (Å²) in [6.45, 7) is 6.23. The standard InChI is InChI=1S/C19H19NO/c1-12-5-7-15(8-6-12)17-11-16-9-13(2)14(3)10-18(16)20(4)19(17)21/h5-11H,1-4H3. The molecule has 0 aliphatic rings. The van der Waals surface area contributed by atoms with Crippen molar-refractivity contribution in [1.29, 1.82) is 0 Å². The van der Waals surface area contributed by atoms with E-state index in [9.17, 15) is 4.79 Å². The van der Waals surface area contributed by atoms with E-state index in [1.807, 2.05) is 37.4 Å². The van der Waals surface area contributed by atoms with Gasteiger partial charge in [-0.25, -0.2) is 0 Å². The minimum absolute atomic E-state index is 0.0506. The lowest BCUT2D eigenvalue weighted by Crippen LogP contribution is -2.19. The van der Waals surface area contributed by atoms with Gasteiger partial charge in [0.1, 0.15) is 0 Å². The summed E-state index contributed by atoms with van der Waals surface area (Å²) in [4.78, 5) is 12.6. The molecule has 0 radical (unpaired) electrons. The van der Waals surface area contributed by atoms with Crippen molar-refractivity contribution in [2.75, 3.05) is 0 Å². The normalized spacial score (nSPS) is 11.0. The maximum Gasteiger partial charge on any atom is 0.258 e. The minimum Gasteiger partial charge on any atom is -0.311 e. The SMILES string of the molecule is Cc1ccc(-c2cc3cc(C)c(C)cc3n(C)c2=O)cc1. The molecule has 0 aliphatic heterocycles. The molecule has 0 aliphatic carbocycles. The highest BCUT2D eigenvalue weighted by atomic mass is 16.1. The third-order valence-corrected chi connectivity index (χ3v) is 4.20. The van der Waals surface area contributed by atoms with Gasteiger partial charge in [-0.15, -0.1) is 0 Å². The Kier molecular flexibility index (Phi) is 3.17. The van der Waals surface area contributed by atoms with Crippen LogP contribution in [0.2, 0.25) is 0 Å². The van der Waals surface area contributed by atoms with E-state index in [1.54, 1.807) is 4.57 Å². The zero-order valence-corrected chi connectivity index (χ0v) is 12.9. The molecule has 0 unspecified atom stereocenters. The number of aromatic nitrogens is 1. The fourth-order valence-electron chi connectivity index (χ4n) is 2.68. The van der Waals surface area contributed by atoms with Gasteiger partial charge in [-0.3, -0.25) is 4.79 Å². The molecule has 1 aromatic heterocycles. The Hall–Kier alpha value is -2.35. The van der Waals surface area contributed by atoms with Crippen molar-refractivity contribution < 1.29 is 0 Å². The molecule has 0 atom stereocenters. The number of benzene rings is 2. The van der Waals surface area contributed by atoms with Crippen LogP contribution in [0.5, 0.6) is 0 Å². The Morgan fingerprint density at radius 3 is 2.14 bits per heavy atom. The van der Waals surface area contributed by atoms with E-state index in [0.29, 0.717) is 0 Å². The summed E-state index contributed by atoms with van der Waals surface area (Å²) in [6, 6.07) is 14.4. The predicted octanol–water partition coefficient (Wildman–Crippen LogP) is 4.13. The second-order valence-corrected chi connectivity index (χ2v) is 5.78. The number of fused-ring (bicyclic) bond motifs is 1. The molecule has 0 bridgehead atoms. The van der Waals surface area contributed by atoms with Crippen LogP contribution in [-0.2, 0) is 7.05 Å². The molecule has 2 heteroatoms. The van der Waals surface area contributed by atoms with Crippen molar-refractivity contribution in [2.45, 2.75) is 20.8 Å². The lowest BCUT2D eigenvalue weighted by molar-refractivity contribution is 0.907. The van der Waals surface area contributed by atoms with Gasteiger partial charge in [-0.1, -0.05) is 29.8 Å². The van der Waals surface area contributed by atoms with Crippen molar-refractivity contribution in [1.82, 2.24) is 4.57 Å². The highest BCUT2D eigenvalue weighted by molar-refractivity contribution is 5.85. The summed E-state index contributed by atoms with van der Waals surface area (Å²) < 4.78 is 1.75. The molecule has 2 nitrogen and oxygen atoms in total. The fourth-order valence-corrected chi connectivity index (χ4v) is 2.68. The molecule has 106 valence electrons. The van der Waals surface area contributed by atoms with Crippen molar-refractivity contribution in [3.63, 3.8) is 0 Å². The van der Waals surface area contributed by atoms with Crippen molar-refractivity contribution in [2.24, 2.45) is 7.05 Å². The van der Waals surface area contributed by atoms with Crippen molar-refractivity contribution >= 4 is 10.9 Å². The molecule has 0 N–H and O–H groups in total. The molecule has 1 heterocycles. The molecule has 0 fully saturated rings. The summed E-state index contributed by atoms with van der Waals surface area (Å²) in [6.07, 6.45) is 0. The van der Waals surface area contributed by atoms with E-state index in [-0.39, 0.29) is 5.56 Å². The number of hydrogen-bond acceptors (Lipinski definition) is 1. The van der Waals surface area contributed by atoms with Gasteiger partial charge in [0.15, 0.2) is 0 Å². The first-order chi connectivity index (χ1) is 9.97. The first-order valence-electron chi connectivity index (χ1n) is 7.15. The van der Waals surface area contributed by atoms with Crippen LogP contribution in [0, 0.1) is 20.8 Å². The number of rotatable bonds is 1. The lowest BCUT2D eigenvalue weighted by atomic mass is 10.0. The molecule has 0 saturated carbocycles. The Morgan fingerprint density at radius 1 is 0.857 bits per heavy atom. The number of hydrogen-bond donors (Lipinski definition) is 0. The Balaban J connectivity index is 2.34. The van der Waals surface area contributed by atoms with Crippen LogP contribution in [0.1, 0.15) is 16.7 Å². The first kappa shape index (κ1) is 13.6. The molecule has 2 aromatic carbocycles. The maximum absolute atomic E-state index is 12.6. The number of pyridine rings is 1. The molecule has 3 rings (SSSR count). The summed E-state index contributed by atoms with van der Waals surface area (Å²) >= 11 is 0. The van der Waals surface area contributed by atoms with Gasteiger partial charge in [-0.2, -0.15) is 0 Å². The monoisotopic (exact) mass is 277 g/mol. The fraction of sp³-hybridized carbons (Fsp3) is 0.211. The van der Waals surface area contributed by atoms with E-state index < -0.39 is 0 Å². The van der Waals surface area contributed by atoms with Crippen LogP contribution in [-0.4, -0.2) is 4.57 Å². The van der Waals surface area contributed by atoms with Gasteiger partial charge in [0.2, 0.25) is 0 Å². The second kappa shape index (κ2) is 4.88. The Bertz CT molecular complexity index is 886. The predicted molar refractivity (Wildman–Crippen MR) is 88.8 cm³/mol. The average Bonchev–Trinajstić information content (AvgIpc) is 2.46. The van der Waals surface area contributed by atoms with Gasteiger partial charge >= 0.3 is 0 Å². The first-order valence-corrected chi connectivity index (χ1v) is 7.15. The van der Waals surface area contributed by atoms with E-state index in [4.69, 9.17) is 0 Å². The average molecular weight is 277 g/mol. The van der Waals surface area contributed by atoms with Crippen LogP contribution in [0.4, 0.5) is 0 Å².